The Morgan fingerprint density at radius 1 is 1.19 bits per heavy atom. The summed E-state index contributed by atoms with van der Waals surface area (Å²) in [7, 11) is 0. The maximum absolute atomic E-state index is 10.9. The minimum atomic E-state index is -1.12. The summed E-state index contributed by atoms with van der Waals surface area (Å²) in [6.07, 6.45) is 1.80. The second-order valence-electron chi connectivity index (χ2n) is 3.64. The van der Waals surface area contributed by atoms with E-state index in [4.69, 9.17) is 14.9 Å². The minimum Gasteiger partial charge on any atom is -0.489 e. The van der Waals surface area contributed by atoms with Crippen LogP contribution in [0.5, 0.6) is 5.75 Å². The number of hydrogen-bond acceptors (Lipinski definition) is 3. The van der Waals surface area contributed by atoms with Gasteiger partial charge in [0.05, 0.1) is 11.7 Å². The number of rotatable bonds is 4. The van der Waals surface area contributed by atoms with Crippen LogP contribution in [-0.4, -0.2) is 28.3 Å². The maximum atomic E-state index is 10.9. The van der Waals surface area contributed by atoms with Crippen molar-refractivity contribution in [2.24, 2.45) is 0 Å². The van der Waals surface area contributed by atoms with Gasteiger partial charge in [-0.25, -0.2) is 9.59 Å². The number of hydrogen-bond donors (Lipinski definition) is 2. The van der Waals surface area contributed by atoms with Gasteiger partial charge >= 0.3 is 11.9 Å². The average Bonchev–Trinajstić information content (AvgIpc) is 3.01. The van der Waals surface area contributed by atoms with E-state index in [-0.39, 0.29) is 23.0 Å². The second-order valence-corrected chi connectivity index (χ2v) is 3.64. The van der Waals surface area contributed by atoms with Crippen LogP contribution in [0.15, 0.2) is 18.2 Å². The maximum Gasteiger partial charge on any atom is 0.339 e. The third kappa shape index (κ3) is 2.13. The highest BCUT2D eigenvalue weighted by atomic mass is 16.5. The first-order chi connectivity index (χ1) is 7.58. The van der Waals surface area contributed by atoms with Crippen molar-refractivity contribution in [3.8, 4) is 5.75 Å². The van der Waals surface area contributed by atoms with Gasteiger partial charge in [-0.3, -0.25) is 0 Å². The summed E-state index contributed by atoms with van der Waals surface area (Å²) in [5.74, 6) is -2.08. The van der Waals surface area contributed by atoms with E-state index in [1.165, 1.54) is 18.2 Å². The number of benzene rings is 1. The van der Waals surface area contributed by atoms with Crippen LogP contribution >= 0.6 is 0 Å². The molecule has 0 spiro atoms. The molecule has 16 heavy (non-hydrogen) atoms. The van der Waals surface area contributed by atoms with Crippen molar-refractivity contribution in [3.63, 3.8) is 0 Å². The van der Waals surface area contributed by atoms with Crippen LogP contribution in [-0.2, 0) is 0 Å². The van der Waals surface area contributed by atoms with Crippen LogP contribution in [0.4, 0.5) is 0 Å². The van der Waals surface area contributed by atoms with Gasteiger partial charge in [0.25, 0.3) is 0 Å². The summed E-state index contributed by atoms with van der Waals surface area (Å²) < 4.78 is 5.36. The molecule has 0 unspecified atom stereocenters. The molecule has 0 radical (unpaired) electrons. The first-order valence-electron chi connectivity index (χ1n) is 4.85. The van der Waals surface area contributed by atoms with Crippen LogP contribution in [0.3, 0.4) is 0 Å². The van der Waals surface area contributed by atoms with Gasteiger partial charge in [0.15, 0.2) is 0 Å². The van der Waals surface area contributed by atoms with E-state index in [0.29, 0.717) is 0 Å². The molecule has 2 rings (SSSR count). The van der Waals surface area contributed by atoms with E-state index in [9.17, 15) is 9.59 Å². The monoisotopic (exact) mass is 222 g/mol. The Morgan fingerprint density at radius 3 is 2.38 bits per heavy atom. The highest BCUT2D eigenvalue weighted by molar-refractivity contribution is 5.94. The van der Waals surface area contributed by atoms with Crippen molar-refractivity contribution in [2.75, 3.05) is 0 Å². The number of carboxylic acids is 2. The molecule has 1 aliphatic rings. The summed E-state index contributed by atoms with van der Waals surface area (Å²) in [5, 5.41) is 17.7. The van der Waals surface area contributed by atoms with Crippen molar-refractivity contribution >= 4 is 11.9 Å². The standard InChI is InChI=1S/C11H10O5/c12-10(13)6-1-4-8(11(14)15)9(5-6)16-7-2-3-7/h1,4-5,7H,2-3H2,(H,12,13)(H,14,15). The van der Waals surface area contributed by atoms with E-state index in [1.807, 2.05) is 0 Å². The fourth-order valence-electron chi connectivity index (χ4n) is 1.30. The zero-order valence-corrected chi connectivity index (χ0v) is 8.34. The normalized spacial score (nSPS) is 14.5. The Bertz CT molecular complexity index is 448. The van der Waals surface area contributed by atoms with E-state index >= 15 is 0 Å². The molecule has 0 bridgehead atoms. The first kappa shape index (κ1) is 10.5. The van der Waals surface area contributed by atoms with Gasteiger partial charge in [0.2, 0.25) is 0 Å². The van der Waals surface area contributed by atoms with Gasteiger partial charge in [0, 0.05) is 0 Å². The van der Waals surface area contributed by atoms with Gasteiger partial charge in [-0.2, -0.15) is 0 Å². The molecule has 1 fully saturated rings. The topological polar surface area (TPSA) is 83.8 Å². The van der Waals surface area contributed by atoms with Crippen LogP contribution in [0.1, 0.15) is 33.6 Å². The lowest BCUT2D eigenvalue weighted by atomic mass is 10.1. The molecule has 1 aromatic carbocycles. The lowest BCUT2D eigenvalue weighted by Gasteiger charge is -2.08. The quantitative estimate of drug-likeness (QED) is 0.808. The fourth-order valence-corrected chi connectivity index (χ4v) is 1.30. The predicted octanol–water partition coefficient (Wildman–Crippen LogP) is 1.62. The summed E-state index contributed by atoms with van der Waals surface area (Å²) in [5.41, 5.74) is 0.0255. The predicted molar refractivity (Wildman–Crippen MR) is 54.0 cm³/mol. The largest absolute Gasteiger partial charge is 0.489 e. The van der Waals surface area contributed by atoms with Crippen LogP contribution in [0.2, 0.25) is 0 Å². The number of ether oxygens (including phenoxy) is 1. The molecule has 0 aromatic heterocycles. The number of aromatic carboxylic acids is 2. The van der Waals surface area contributed by atoms with Gasteiger partial charge in [-0.15, -0.1) is 0 Å². The summed E-state index contributed by atoms with van der Waals surface area (Å²) >= 11 is 0. The molecule has 5 nitrogen and oxygen atoms in total. The zero-order chi connectivity index (χ0) is 11.7. The van der Waals surface area contributed by atoms with E-state index < -0.39 is 11.9 Å². The highest BCUT2D eigenvalue weighted by Crippen LogP contribution is 2.30. The molecule has 0 aliphatic heterocycles. The van der Waals surface area contributed by atoms with Crippen LogP contribution in [0, 0.1) is 0 Å². The van der Waals surface area contributed by atoms with Gasteiger partial charge in [0.1, 0.15) is 11.3 Å². The Hall–Kier alpha value is -2.04. The Balaban J connectivity index is 2.37. The van der Waals surface area contributed by atoms with E-state index in [0.717, 1.165) is 12.8 Å². The zero-order valence-electron chi connectivity index (χ0n) is 8.34. The molecule has 0 amide bonds. The molecule has 0 saturated heterocycles. The highest BCUT2D eigenvalue weighted by Gasteiger charge is 2.26. The average molecular weight is 222 g/mol. The molecule has 0 heterocycles. The van der Waals surface area contributed by atoms with E-state index in [2.05, 4.69) is 0 Å². The molecular formula is C11H10O5. The minimum absolute atomic E-state index is 0.00287. The smallest absolute Gasteiger partial charge is 0.339 e. The van der Waals surface area contributed by atoms with Crippen molar-refractivity contribution in [2.45, 2.75) is 18.9 Å². The molecule has 1 aliphatic carbocycles. The SMILES string of the molecule is O=C(O)c1ccc(C(=O)O)c(OC2CC2)c1. The Morgan fingerprint density at radius 2 is 1.88 bits per heavy atom. The van der Waals surface area contributed by atoms with Gasteiger partial charge < -0.3 is 14.9 Å². The molecule has 2 N–H and O–H groups in total. The van der Waals surface area contributed by atoms with Crippen LogP contribution in [0.25, 0.3) is 0 Å². The van der Waals surface area contributed by atoms with Gasteiger partial charge in [-0.1, -0.05) is 0 Å². The lowest BCUT2D eigenvalue weighted by Crippen LogP contribution is -2.06. The van der Waals surface area contributed by atoms with E-state index in [1.54, 1.807) is 0 Å². The Kier molecular flexibility index (Phi) is 2.52. The van der Waals surface area contributed by atoms with Crippen molar-refractivity contribution in [1.82, 2.24) is 0 Å². The van der Waals surface area contributed by atoms with Crippen molar-refractivity contribution in [3.05, 3.63) is 29.3 Å². The van der Waals surface area contributed by atoms with Crippen molar-refractivity contribution < 1.29 is 24.5 Å². The van der Waals surface area contributed by atoms with Gasteiger partial charge in [-0.05, 0) is 31.0 Å². The number of carbonyl (C=O) groups is 2. The molecular weight excluding hydrogens is 212 g/mol. The molecule has 1 saturated carbocycles. The third-order valence-electron chi connectivity index (χ3n) is 2.28. The van der Waals surface area contributed by atoms with Crippen molar-refractivity contribution in [1.29, 1.82) is 0 Å². The number of carboxylic acid groups (broad SMARTS) is 2. The van der Waals surface area contributed by atoms with Crippen LogP contribution < -0.4 is 4.74 Å². The summed E-state index contributed by atoms with van der Waals surface area (Å²) in [6.45, 7) is 0. The second kappa shape index (κ2) is 3.84. The molecule has 5 heteroatoms. The summed E-state index contributed by atoms with van der Waals surface area (Å²) in [4.78, 5) is 21.6. The third-order valence-corrected chi connectivity index (χ3v) is 2.28. The lowest BCUT2D eigenvalue weighted by molar-refractivity contribution is 0.0676. The molecule has 0 atom stereocenters. The fraction of sp³-hybridized carbons (Fsp3) is 0.273. The molecule has 1 aromatic rings. The Labute approximate surface area is 91.3 Å². The molecule has 84 valence electrons. The summed E-state index contributed by atoms with van der Waals surface area (Å²) in [6, 6.07) is 3.76. The first-order valence-corrected chi connectivity index (χ1v) is 4.85.